The highest BCUT2D eigenvalue weighted by atomic mass is 16.1. The molecule has 0 unspecified atom stereocenters. The lowest BCUT2D eigenvalue weighted by atomic mass is 10.1. The van der Waals surface area contributed by atoms with E-state index in [2.05, 4.69) is 10.6 Å². The molecule has 0 radical (unpaired) electrons. The number of ketones is 1. The highest BCUT2D eigenvalue weighted by Crippen LogP contribution is 2.09. The molecule has 0 saturated carbocycles. The van der Waals surface area contributed by atoms with Gasteiger partial charge in [-0.05, 0) is 24.3 Å². The molecule has 2 N–H and O–H groups in total. The average molecular weight is 234 g/mol. The van der Waals surface area contributed by atoms with Crippen LogP contribution >= 0.6 is 0 Å². The molecule has 0 fully saturated rings. The number of rotatable bonds is 5. The summed E-state index contributed by atoms with van der Waals surface area (Å²) in [6.07, 6.45) is 0. The number of nitrogens with one attached hydrogen (secondary N) is 2. The lowest BCUT2D eigenvalue weighted by Crippen LogP contribution is -2.29. The first-order valence-electron chi connectivity index (χ1n) is 5.63. The molecule has 0 aliphatic carbocycles. The summed E-state index contributed by atoms with van der Waals surface area (Å²) < 4.78 is 0. The van der Waals surface area contributed by atoms with Gasteiger partial charge < -0.3 is 10.6 Å². The van der Waals surface area contributed by atoms with Crippen molar-refractivity contribution in [1.82, 2.24) is 5.32 Å². The summed E-state index contributed by atoms with van der Waals surface area (Å²) >= 11 is 0. The monoisotopic (exact) mass is 234 g/mol. The van der Waals surface area contributed by atoms with Gasteiger partial charge in [0.15, 0.2) is 5.78 Å². The van der Waals surface area contributed by atoms with E-state index in [1.165, 1.54) is 6.92 Å². The van der Waals surface area contributed by atoms with E-state index >= 15 is 0 Å². The Morgan fingerprint density at radius 2 is 1.76 bits per heavy atom. The quantitative estimate of drug-likeness (QED) is 0.764. The summed E-state index contributed by atoms with van der Waals surface area (Å²) in [5.41, 5.74) is 1.35. The van der Waals surface area contributed by atoms with Crippen molar-refractivity contribution in [2.45, 2.75) is 26.8 Å². The summed E-state index contributed by atoms with van der Waals surface area (Å²) in [6, 6.07) is 7.18. The van der Waals surface area contributed by atoms with Crippen molar-refractivity contribution in [3.05, 3.63) is 29.8 Å². The molecule has 0 spiro atoms. The van der Waals surface area contributed by atoms with Crippen LogP contribution in [-0.4, -0.2) is 24.3 Å². The van der Waals surface area contributed by atoms with Crippen molar-refractivity contribution in [3.8, 4) is 0 Å². The molecule has 0 bridgehead atoms. The number of amides is 1. The minimum atomic E-state index is -0.120. The van der Waals surface area contributed by atoms with Gasteiger partial charge in [0.25, 0.3) is 0 Å². The lowest BCUT2D eigenvalue weighted by Gasteiger charge is -2.07. The topological polar surface area (TPSA) is 58.2 Å². The van der Waals surface area contributed by atoms with Crippen molar-refractivity contribution in [2.75, 3.05) is 11.9 Å². The summed E-state index contributed by atoms with van der Waals surface area (Å²) in [5, 5.41) is 5.73. The second kappa shape index (κ2) is 6.15. The van der Waals surface area contributed by atoms with Gasteiger partial charge in [0, 0.05) is 24.2 Å². The van der Waals surface area contributed by atoms with Gasteiger partial charge in [0.2, 0.25) is 5.91 Å². The predicted octanol–water partition coefficient (Wildman–Crippen LogP) is 1.83. The summed E-state index contributed by atoms with van der Waals surface area (Å²) in [4.78, 5) is 22.6. The molecule has 0 aliphatic rings. The van der Waals surface area contributed by atoms with Gasteiger partial charge in [0.05, 0.1) is 6.54 Å². The Bertz CT molecular complexity index is 396. The lowest BCUT2D eigenvalue weighted by molar-refractivity contribution is -0.114. The minimum absolute atomic E-state index is 0.0491. The summed E-state index contributed by atoms with van der Waals surface area (Å²) in [5.74, 6) is -0.0707. The van der Waals surface area contributed by atoms with Crippen LogP contribution in [-0.2, 0) is 4.79 Å². The number of carbonyl (C=O) groups excluding carboxylic acids is 2. The van der Waals surface area contributed by atoms with Gasteiger partial charge in [-0.1, -0.05) is 13.8 Å². The Hall–Kier alpha value is -1.68. The van der Waals surface area contributed by atoms with Gasteiger partial charge in [-0.15, -0.1) is 0 Å². The Morgan fingerprint density at radius 1 is 1.18 bits per heavy atom. The van der Waals surface area contributed by atoms with E-state index in [1.54, 1.807) is 24.3 Å². The zero-order chi connectivity index (χ0) is 12.8. The standard InChI is InChI=1S/C13H18N2O2/c1-9(2)14-8-13(17)11-4-6-12(7-5-11)15-10(3)16/h4-7,9,14H,8H2,1-3H3,(H,15,16). The van der Waals surface area contributed by atoms with Crippen LogP contribution < -0.4 is 10.6 Å². The fourth-order valence-electron chi connectivity index (χ4n) is 1.34. The molecule has 1 aromatic rings. The number of hydrogen-bond acceptors (Lipinski definition) is 3. The van der Waals surface area contributed by atoms with Gasteiger partial charge >= 0.3 is 0 Å². The fraction of sp³-hybridized carbons (Fsp3) is 0.385. The van der Waals surface area contributed by atoms with Crippen molar-refractivity contribution in [3.63, 3.8) is 0 Å². The molecule has 92 valence electrons. The SMILES string of the molecule is CC(=O)Nc1ccc(C(=O)CNC(C)C)cc1. The van der Waals surface area contributed by atoms with Crippen molar-refractivity contribution in [2.24, 2.45) is 0 Å². The number of benzene rings is 1. The molecule has 0 aliphatic heterocycles. The highest BCUT2D eigenvalue weighted by molar-refractivity contribution is 5.98. The number of hydrogen-bond donors (Lipinski definition) is 2. The molecule has 0 heterocycles. The molecule has 0 aromatic heterocycles. The van der Waals surface area contributed by atoms with E-state index in [0.717, 1.165) is 0 Å². The largest absolute Gasteiger partial charge is 0.326 e. The Labute approximate surface area is 101 Å². The van der Waals surface area contributed by atoms with Crippen LogP contribution in [0.1, 0.15) is 31.1 Å². The molecule has 4 nitrogen and oxygen atoms in total. The van der Waals surface area contributed by atoms with E-state index in [9.17, 15) is 9.59 Å². The van der Waals surface area contributed by atoms with E-state index < -0.39 is 0 Å². The first-order chi connectivity index (χ1) is 7.99. The van der Waals surface area contributed by atoms with Crippen LogP contribution in [0.15, 0.2) is 24.3 Å². The zero-order valence-corrected chi connectivity index (χ0v) is 10.4. The maximum Gasteiger partial charge on any atom is 0.221 e. The smallest absolute Gasteiger partial charge is 0.221 e. The van der Waals surface area contributed by atoms with E-state index in [4.69, 9.17) is 0 Å². The first kappa shape index (κ1) is 13.4. The molecule has 17 heavy (non-hydrogen) atoms. The third kappa shape index (κ3) is 4.78. The maximum atomic E-state index is 11.7. The van der Waals surface area contributed by atoms with Crippen LogP contribution in [0, 0.1) is 0 Å². The fourth-order valence-corrected chi connectivity index (χ4v) is 1.34. The molecule has 1 rings (SSSR count). The van der Waals surface area contributed by atoms with Crippen molar-refractivity contribution >= 4 is 17.4 Å². The van der Waals surface area contributed by atoms with E-state index in [-0.39, 0.29) is 17.7 Å². The van der Waals surface area contributed by atoms with Gasteiger partial charge in [0.1, 0.15) is 0 Å². The highest BCUT2D eigenvalue weighted by Gasteiger charge is 2.06. The average Bonchev–Trinajstić information content (AvgIpc) is 2.26. The summed E-state index contributed by atoms with van der Waals surface area (Å²) in [6.45, 7) is 5.77. The third-order valence-corrected chi connectivity index (χ3v) is 2.20. The third-order valence-electron chi connectivity index (χ3n) is 2.20. The Balaban J connectivity index is 2.60. The van der Waals surface area contributed by atoms with Crippen molar-refractivity contribution in [1.29, 1.82) is 0 Å². The number of anilines is 1. The maximum absolute atomic E-state index is 11.7. The molecule has 1 aromatic carbocycles. The van der Waals surface area contributed by atoms with Crippen LogP contribution in [0.3, 0.4) is 0 Å². The normalized spacial score (nSPS) is 10.4. The molecule has 4 heteroatoms. The van der Waals surface area contributed by atoms with Crippen LogP contribution in [0.5, 0.6) is 0 Å². The summed E-state index contributed by atoms with van der Waals surface area (Å²) in [7, 11) is 0. The molecule has 1 amide bonds. The molecular formula is C13H18N2O2. The van der Waals surface area contributed by atoms with E-state index in [0.29, 0.717) is 17.8 Å². The second-order valence-corrected chi connectivity index (χ2v) is 4.22. The number of carbonyl (C=O) groups is 2. The second-order valence-electron chi connectivity index (χ2n) is 4.22. The molecule has 0 saturated heterocycles. The van der Waals surface area contributed by atoms with Crippen molar-refractivity contribution < 1.29 is 9.59 Å². The van der Waals surface area contributed by atoms with Gasteiger partial charge in [-0.3, -0.25) is 9.59 Å². The van der Waals surface area contributed by atoms with Gasteiger partial charge in [-0.25, -0.2) is 0 Å². The minimum Gasteiger partial charge on any atom is -0.326 e. The zero-order valence-electron chi connectivity index (χ0n) is 10.4. The predicted molar refractivity (Wildman–Crippen MR) is 68.2 cm³/mol. The number of Topliss-reactive ketones (excluding diaryl/α,β-unsaturated/α-hetero) is 1. The Kier molecular flexibility index (Phi) is 4.84. The first-order valence-corrected chi connectivity index (χ1v) is 5.63. The van der Waals surface area contributed by atoms with Crippen LogP contribution in [0.4, 0.5) is 5.69 Å². The molecular weight excluding hydrogens is 216 g/mol. The van der Waals surface area contributed by atoms with Crippen LogP contribution in [0.25, 0.3) is 0 Å². The van der Waals surface area contributed by atoms with Gasteiger partial charge in [-0.2, -0.15) is 0 Å². The van der Waals surface area contributed by atoms with Crippen LogP contribution in [0.2, 0.25) is 0 Å². The Morgan fingerprint density at radius 3 is 2.24 bits per heavy atom. The molecule has 0 atom stereocenters. The van der Waals surface area contributed by atoms with E-state index in [1.807, 2.05) is 13.8 Å².